The van der Waals surface area contributed by atoms with Gasteiger partial charge in [0.2, 0.25) is 0 Å². The van der Waals surface area contributed by atoms with Gasteiger partial charge in [-0.3, -0.25) is 4.79 Å². The summed E-state index contributed by atoms with van der Waals surface area (Å²) < 4.78 is 5.40. The Morgan fingerprint density at radius 1 is 1.30 bits per heavy atom. The molecule has 1 aromatic carbocycles. The zero-order valence-electron chi connectivity index (χ0n) is 11.8. The second-order valence-corrected chi connectivity index (χ2v) is 5.09. The van der Waals surface area contributed by atoms with Crippen LogP contribution < -0.4 is 10.1 Å². The third kappa shape index (κ3) is 6.78. The number of carbonyl (C=O) groups excluding carboxylic acids is 1. The fourth-order valence-corrected chi connectivity index (χ4v) is 1.84. The van der Waals surface area contributed by atoms with Crippen molar-refractivity contribution >= 4 is 17.5 Å². The molecule has 0 radical (unpaired) electrons. The van der Waals surface area contributed by atoms with E-state index >= 15 is 0 Å². The molecule has 0 bridgehead atoms. The van der Waals surface area contributed by atoms with Crippen molar-refractivity contribution in [3.8, 4) is 5.75 Å². The van der Waals surface area contributed by atoms with Gasteiger partial charge >= 0.3 is 0 Å². The molecule has 1 rings (SSSR count). The molecule has 0 saturated carbocycles. The third-order valence-electron chi connectivity index (χ3n) is 2.91. The van der Waals surface area contributed by atoms with Crippen molar-refractivity contribution in [1.29, 1.82) is 0 Å². The minimum Gasteiger partial charge on any atom is -0.484 e. The standard InChI is InChI=1S/C15H22ClNO3/c1-12-10-13(6-7-14(12)16)20-11-15(19)17-8-4-2-3-5-9-18/h6-7,10,18H,2-5,8-9,11H2,1H3,(H,17,19). The van der Waals surface area contributed by atoms with E-state index in [1.54, 1.807) is 12.1 Å². The summed E-state index contributed by atoms with van der Waals surface area (Å²) in [6, 6.07) is 5.31. The number of rotatable bonds is 9. The highest BCUT2D eigenvalue weighted by Crippen LogP contribution is 2.20. The molecule has 0 unspecified atom stereocenters. The van der Waals surface area contributed by atoms with E-state index in [-0.39, 0.29) is 19.1 Å². The van der Waals surface area contributed by atoms with E-state index in [0.717, 1.165) is 31.2 Å². The maximum Gasteiger partial charge on any atom is 0.257 e. The summed E-state index contributed by atoms with van der Waals surface area (Å²) in [6.45, 7) is 2.79. The molecule has 1 amide bonds. The Morgan fingerprint density at radius 3 is 2.75 bits per heavy atom. The van der Waals surface area contributed by atoms with Crippen molar-refractivity contribution < 1.29 is 14.6 Å². The second kappa shape index (κ2) is 9.61. The average Bonchev–Trinajstić information content (AvgIpc) is 2.44. The van der Waals surface area contributed by atoms with Crippen LogP contribution in [0.2, 0.25) is 5.02 Å². The number of hydrogen-bond donors (Lipinski definition) is 2. The van der Waals surface area contributed by atoms with Crippen LogP contribution in [0, 0.1) is 6.92 Å². The summed E-state index contributed by atoms with van der Waals surface area (Å²) in [5.74, 6) is 0.518. The molecular weight excluding hydrogens is 278 g/mol. The van der Waals surface area contributed by atoms with Crippen LogP contribution in [0.3, 0.4) is 0 Å². The molecule has 0 fully saturated rings. The van der Waals surface area contributed by atoms with Crippen molar-refractivity contribution in [3.05, 3.63) is 28.8 Å². The van der Waals surface area contributed by atoms with Crippen molar-refractivity contribution in [3.63, 3.8) is 0 Å². The number of halogens is 1. The van der Waals surface area contributed by atoms with Gasteiger partial charge in [0.05, 0.1) is 0 Å². The molecule has 0 aliphatic carbocycles. The lowest BCUT2D eigenvalue weighted by atomic mass is 10.2. The van der Waals surface area contributed by atoms with Crippen LogP contribution in [0.25, 0.3) is 0 Å². The molecule has 5 heteroatoms. The Kier molecular flexibility index (Phi) is 8.07. The summed E-state index contributed by atoms with van der Waals surface area (Å²) >= 11 is 5.91. The van der Waals surface area contributed by atoms with Gasteiger partial charge in [-0.05, 0) is 43.5 Å². The van der Waals surface area contributed by atoms with Crippen LogP contribution in [-0.2, 0) is 4.79 Å². The SMILES string of the molecule is Cc1cc(OCC(=O)NCCCCCCO)ccc1Cl. The summed E-state index contributed by atoms with van der Waals surface area (Å²) in [4.78, 5) is 11.6. The van der Waals surface area contributed by atoms with E-state index < -0.39 is 0 Å². The molecule has 4 nitrogen and oxygen atoms in total. The smallest absolute Gasteiger partial charge is 0.257 e. The zero-order valence-corrected chi connectivity index (χ0v) is 12.6. The first kappa shape index (κ1) is 16.8. The highest BCUT2D eigenvalue weighted by Gasteiger charge is 2.03. The lowest BCUT2D eigenvalue weighted by Gasteiger charge is -2.08. The minimum absolute atomic E-state index is 0.0116. The van der Waals surface area contributed by atoms with E-state index in [1.165, 1.54) is 0 Å². The predicted molar refractivity (Wildman–Crippen MR) is 80.2 cm³/mol. The maximum absolute atomic E-state index is 11.6. The lowest BCUT2D eigenvalue weighted by molar-refractivity contribution is -0.123. The number of benzene rings is 1. The number of aryl methyl sites for hydroxylation is 1. The molecule has 1 aromatic rings. The van der Waals surface area contributed by atoms with Gasteiger partial charge in [0.25, 0.3) is 5.91 Å². The van der Waals surface area contributed by atoms with Gasteiger partial charge < -0.3 is 15.2 Å². The van der Waals surface area contributed by atoms with Gasteiger partial charge in [-0.2, -0.15) is 0 Å². The fourth-order valence-electron chi connectivity index (χ4n) is 1.73. The Bertz CT molecular complexity index is 424. The van der Waals surface area contributed by atoms with Gasteiger partial charge in [0.1, 0.15) is 5.75 Å². The van der Waals surface area contributed by atoms with Crippen molar-refractivity contribution in [2.24, 2.45) is 0 Å². The Balaban J connectivity index is 2.15. The number of nitrogens with one attached hydrogen (secondary N) is 1. The van der Waals surface area contributed by atoms with E-state index in [0.29, 0.717) is 17.3 Å². The van der Waals surface area contributed by atoms with Crippen LogP contribution in [0.5, 0.6) is 5.75 Å². The minimum atomic E-state index is -0.125. The summed E-state index contributed by atoms with van der Waals surface area (Å²) in [7, 11) is 0. The molecule has 20 heavy (non-hydrogen) atoms. The number of hydrogen-bond acceptors (Lipinski definition) is 3. The van der Waals surface area contributed by atoms with Gasteiger partial charge in [-0.15, -0.1) is 0 Å². The molecule has 0 spiro atoms. The number of carbonyl (C=O) groups is 1. The highest BCUT2D eigenvalue weighted by atomic mass is 35.5. The molecule has 0 heterocycles. The van der Waals surface area contributed by atoms with Crippen LogP contribution in [0.1, 0.15) is 31.2 Å². The molecule has 0 saturated heterocycles. The molecular formula is C15H22ClNO3. The normalized spacial score (nSPS) is 10.3. The largest absolute Gasteiger partial charge is 0.484 e. The zero-order chi connectivity index (χ0) is 14.8. The van der Waals surface area contributed by atoms with Gasteiger partial charge in [0, 0.05) is 18.2 Å². The Labute approximate surface area is 125 Å². The first-order valence-corrected chi connectivity index (χ1v) is 7.28. The second-order valence-electron chi connectivity index (χ2n) is 4.69. The molecule has 0 aliphatic heterocycles. The first-order chi connectivity index (χ1) is 9.63. The van der Waals surface area contributed by atoms with Crippen LogP contribution in [0.15, 0.2) is 18.2 Å². The van der Waals surface area contributed by atoms with E-state index in [4.69, 9.17) is 21.4 Å². The van der Waals surface area contributed by atoms with Gasteiger partial charge in [0.15, 0.2) is 6.61 Å². The maximum atomic E-state index is 11.6. The predicted octanol–water partition coefficient (Wildman–Crippen LogP) is 2.70. The van der Waals surface area contributed by atoms with Crippen molar-refractivity contribution in [2.75, 3.05) is 19.8 Å². The van der Waals surface area contributed by atoms with E-state index in [9.17, 15) is 4.79 Å². The topological polar surface area (TPSA) is 58.6 Å². The summed E-state index contributed by atoms with van der Waals surface area (Å²) in [6.07, 6.45) is 3.75. The summed E-state index contributed by atoms with van der Waals surface area (Å²) in [5.41, 5.74) is 0.924. The molecule has 0 atom stereocenters. The first-order valence-electron chi connectivity index (χ1n) is 6.90. The number of aliphatic hydroxyl groups is 1. The van der Waals surface area contributed by atoms with Gasteiger partial charge in [-0.1, -0.05) is 24.4 Å². The van der Waals surface area contributed by atoms with Crippen molar-refractivity contribution in [2.45, 2.75) is 32.6 Å². The fraction of sp³-hybridized carbons (Fsp3) is 0.533. The van der Waals surface area contributed by atoms with Gasteiger partial charge in [-0.25, -0.2) is 0 Å². The average molecular weight is 300 g/mol. The van der Waals surface area contributed by atoms with E-state index in [1.807, 2.05) is 13.0 Å². The number of ether oxygens (including phenoxy) is 1. The Hall–Kier alpha value is -1.26. The number of aliphatic hydroxyl groups excluding tert-OH is 1. The number of amides is 1. The monoisotopic (exact) mass is 299 g/mol. The van der Waals surface area contributed by atoms with Crippen LogP contribution in [-0.4, -0.2) is 30.8 Å². The third-order valence-corrected chi connectivity index (χ3v) is 3.33. The number of unbranched alkanes of at least 4 members (excludes halogenated alkanes) is 3. The summed E-state index contributed by atoms with van der Waals surface area (Å²) in [5, 5.41) is 12.1. The van der Waals surface area contributed by atoms with Crippen molar-refractivity contribution in [1.82, 2.24) is 5.32 Å². The van der Waals surface area contributed by atoms with Crippen LogP contribution >= 0.6 is 11.6 Å². The molecule has 112 valence electrons. The van der Waals surface area contributed by atoms with Crippen LogP contribution in [0.4, 0.5) is 0 Å². The molecule has 0 aromatic heterocycles. The van der Waals surface area contributed by atoms with E-state index in [2.05, 4.69) is 5.32 Å². The molecule has 0 aliphatic rings. The Morgan fingerprint density at radius 2 is 2.05 bits per heavy atom. The molecule has 2 N–H and O–H groups in total. The quantitative estimate of drug-likeness (QED) is 0.689. The lowest BCUT2D eigenvalue weighted by Crippen LogP contribution is -2.29. The highest BCUT2D eigenvalue weighted by molar-refractivity contribution is 6.31.